The van der Waals surface area contributed by atoms with E-state index in [4.69, 9.17) is 16.3 Å². The second-order valence-corrected chi connectivity index (χ2v) is 7.59. The highest BCUT2D eigenvalue weighted by Gasteiger charge is 2.00. The van der Waals surface area contributed by atoms with Crippen molar-refractivity contribution in [1.29, 1.82) is 0 Å². The number of carbonyl (C=O) groups is 1. The first-order chi connectivity index (χ1) is 14.2. The third kappa shape index (κ3) is 10.1. The number of rotatable bonds is 13. The van der Waals surface area contributed by atoms with E-state index in [9.17, 15) is 4.79 Å². The van der Waals surface area contributed by atoms with E-state index in [0.29, 0.717) is 18.1 Å². The number of nitrogens with one attached hydrogen (secondary N) is 1. The van der Waals surface area contributed by atoms with Crippen molar-refractivity contribution in [2.45, 2.75) is 64.9 Å². The molecule has 0 aromatic heterocycles. The Morgan fingerprint density at radius 1 is 1.03 bits per heavy atom. The van der Waals surface area contributed by atoms with E-state index >= 15 is 0 Å². The zero-order valence-electron chi connectivity index (χ0n) is 17.2. The van der Waals surface area contributed by atoms with Crippen LogP contribution in [0.25, 0.3) is 0 Å². The van der Waals surface area contributed by atoms with Crippen molar-refractivity contribution in [2.24, 2.45) is 5.10 Å². The highest BCUT2D eigenvalue weighted by atomic mass is 35.5. The van der Waals surface area contributed by atoms with Crippen molar-refractivity contribution in [1.82, 2.24) is 5.43 Å². The van der Waals surface area contributed by atoms with Gasteiger partial charge in [-0.1, -0.05) is 81.3 Å². The lowest BCUT2D eigenvalue weighted by Crippen LogP contribution is -2.16. The second-order valence-electron chi connectivity index (χ2n) is 7.15. The molecule has 0 saturated carbocycles. The van der Waals surface area contributed by atoms with Gasteiger partial charge >= 0.3 is 0 Å². The lowest BCUT2D eigenvalue weighted by Gasteiger charge is -2.07. The molecule has 4 nitrogen and oxygen atoms in total. The van der Waals surface area contributed by atoms with Crippen molar-refractivity contribution < 1.29 is 9.53 Å². The van der Waals surface area contributed by atoms with Gasteiger partial charge in [0.1, 0.15) is 12.4 Å². The summed E-state index contributed by atoms with van der Waals surface area (Å²) in [5, 5.41) is 4.76. The third-order valence-corrected chi connectivity index (χ3v) is 4.84. The summed E-state index contributed by atoms with van der Waals surface area (Å²) < 4.78 is 5.81. The van der Waals surface area contributed by atoms with Crippen LogP contribution in [0.3, 0.4) is 0 Å². The first kappa shape index (κ1) is 23.0. The molecule has 0 atom stereocenters. The van der Waals surface area contributed by atoms with Crippen LogP contribution in [0.4, 0.5) is 0 Å². The quantitative estimate of drug-likeness (QED) is 0.231. The zero-order valence-corrected chi connectivity index (χ0v) is 18.0. The van der Waals surface area contributed by atoms with E-state index in [1.807, 2.05) is 48.5 Å². The summed E-state index contributed by atoms with van der Waals surface area (Å²) in [7, 11) is 0. The van der Waals surface area contributed by atoms with Crippen LogP contribution in [-0.4, -0.2) is 12.1 Å². The molecule has 0 bridgehead atoms. The molecule has 2 rings (SSSR count). The van der Waals surface area contributed by atoms with Crippen LogP contribution in [0, 0.1) is 0 Å². The van der Waals surface area contributed by atoms with E-state index in [0.717, 1.165) is 29.7 Å². The maximum atomic E-state index is 11.9. The Labute approximate surface area is 179 Å². The van der Waals surface area contributed by atoms with Gasteiger partial charge in [0.15, 0.2) is 0 Å². The average molecular weight is 415 g/mol. The fourth-order valence-corrected chi connectivity index (χ4v) is 3.04. The SMILES string of the molecule is CCCCCCCCCC(=O)N/N=C/c1cccc(OCc2ccc(Cl)cc2)c1. The van der Waals surface area contributed by atoms with Gasteiger partial charge in [-0.05, 0) is 41.8 Å². The monoisotopic (exact) mass is 414 g/mol. The number of hydrogen-bond acceptors (Lipinski definition) is 3. The normalized spacial score (nSPS) is 11.0. The third-order valence-electron chi connectivity index (χ3n) is 4.59. The molecule has 1 N–H and O–H groups in total. The van der Waals surface area contributed by atoms with Crippen molar-refractivity contribution in [2.75, 3.05) is 0 Å². The largest absolute Gasteiger partial charge is 0.489 e. The number of unbranched alkanes of at least 4 members (excludes halogenated alkanes) is 6. The van der Waals surface area contributed by atoms with Crippen molar-refractivity contribution in [3.05, 3.63) is 64.7 Å². The summed E-state index contributed by atoms with van der Waals surface area (Å²) in [6.07, 6.45) is 10.5. The van der Waals surface area contributed by atoms with Crippen molar-refractivity contribution in [3.63, 3.8) is 0 Å². The minimum Gasteiger partial charge on any atom is -0.489 e. The molecule has 0 spiro atoms. The average Bonchev–Trinajstić information content (AvgIpc) is 2.73. The molecule has 5 heteroatoms. The predicted octanol–water partition coefficient (Wildman–Crippen LogP) is 6.51. The van der Waals surface area contributed by atoms with Crippen LogP contribution in [0.5, 0.6) is 5.75 Å². The predicted molar refractivity (Wildman–Crippen MR) is 121 cm³/mol. The summed E-state index contributed by atoms with van der Waals surface area (Å²) in [6, 6.07) is 15.2. The summed E-state index contributed by atoms with van der Waals surface area (Å²) in [5.74, 6) is 0.711. The highest BCUT2D eigenvalue weighted by Crippen LogP contribution is 2.16. The van der Waals surface area contributed by atoms with E-state index in [1.54, 1.807) is 6.21 Å². The molecule has 0 aliphatic carbocycles. The summed E-state index contributed by atoms with van der Waals surface area (Å²) >= 11 is 5.89. The lowest BCUT2D eigenvalue weighted by atomic mass is 10.1. The highest BCUT2D eigenvalue weighted by molar-refractivity contribution is 6.30. The molecular weight excluding hydrogens is 384 g/mol. The summed E-state index contributed by atoms with van der Waals surface area (Å²) in [5.41, 5.74) is 4.52. The first-order valence-electron chi connectivity index (χ1n) is 10.5. The molecule has 0 aliphatic rings. The van der Waals surface area contributed by atoms with E-state index in [1.165, 1.54) is 32.1 Å². The Balaban J connectivity index is 1.67. The van der Waals surface area contributed by atoms with Gasteiger partial charge < -0.3 is 4.74 Å². The molecule has 2 aromatic rings. The topological polar surface area (TPSA) is 50.7 Å². The molecule has 29 heavy (non-hydrogen) atoms. The van der Waals surface area contributed by atoms with Crippen LogP contribution in [-0.2, 0) is 11.4 Å². The maximum Gasteiger partial charge on any atom is 0.240 e. The number of hydrazone groups is 1. The fourth-order valence-electron chi connectivity index (χ4n) is 2.91. The van der Waals surface area contributed by atoms with E-state index < -0.39 is 0 Å². The van der Waals surface area contributed by atoms with Crippen LogP contribution in [0.1, 0.15) is 69.4 Å². The Kier molecular flexibility index (Phi) is 10.9. The number of benzene rings is 2. The molecule has 156 valence electrons. The van der Waals surface area contributed by atoms with Crippen LogP contribution >= 0.6 is 11.6 Å². The minimum absolute atomic E-state index is 0.0371. The second kappa shape index (κ2) is 13.8. The first-order valence-corrected chi connectivity index (χ1v) is 10.8. The van der Waals surface area contributed by atoms with Gasteiger partial charge in [-0.3, -0.25) is 4.79 Å². The molecule has 0 unspecified atom stereocenters. The number of amides is 1. The van der Waals surface area contributed by atoms with Gasteiger partial charge in [0.05, 0.1) is 6.21 Å². The number of hydrogen-bond donors (Lipinski definition) is 1. The van der Waals surface area contributed by atoms with E-state index in [2.05, 4.69) is 17.5 Å². The molecular formula is C24H31ClN2O2. The van der Waals surface area contributed by atoms with Crippen molar-refractivity contribution >= 4 is 23.7 Å². The number of carbonyl (C=O) groups excluding carboxylic acids is 1. The smallest absolute Gasteiger partial charge is 0.240 e. The van der Waals surface area contributed by atoms with Gasteiger partial charge in [-0.25, -0.2) is 5.43 Å². The lowest BCUT2D eigenvalue weighted by molar-refractivity contribution is -0.121. The van der Waals surface area contributed by atoms with Gasteiger partial charge in [-0.2, -0.15) is 5.10 Å². The van der Waals surface area contributed by atoms with Crippen LogP contribution in [0.15, 0.2) is 53.6 Å². The van der Waals surface area contributed by atoms with Crippen LogP contribution in [0.2, 0.25) is 5.02 Å². The fraction of sp³-hybridized carbons (Fsp3) is 0.417. The van der Waals surface area contributed by atoms with Gasteiger partial charge in [0.25, 0.3) is 0 Å². The molecule has 0 radical (unpaired) electrons. The molecule has 1 amide bonds. The number of nitrogens with zero attached hydrogens (tertiary/aromatic N) is 1. The van der Waals surface area contributed by atoms with Gasteiger partial charge in [0.2, 0.25) is 5.91 Å². The molecule has 0 aliphatic heterocycles. The number of ether oxygens (including phenoxy) is 1. The minimum atomic E-state index is -0.0371. The molecule has 2 aromatic carbocycles. The Morgan fingerprint density at radius 2 is 1.76 bits per heavy atom. The van der Waals surface area contributed by atoms with E-state index in [-0.39, 0.29) is 5.91 Å². The number of halogens is 1. The molecule has 0 heterocycles. The van der Waals surface area contributed by atoms with Crippen molar-refractivity contribution in [3.8, 4) is 5.75 Å². The van der Waals surface area contributed by atoms with Gasteiger partial charge in [-0.15, -0.1) is 0 Å². The maximum absolute atomic E-state index is 11.9. The van der Waals surface area contributed by atoms with Gasteiger partial charge in [0, 0.05) is 11.4 Å². The Morgan fingerprint density at radius 3 is 2.52 bits per heavy atom. The standard InChI is InChI=1S/C24H31ClN2O2/c1-2-3-4-5-6-7-8-12-24(28)27-26-18-21-10-9-11-23(17-21)29-19-20-13-15-22(25)16-14-20/h9-11,13-18H,2-8,12,19H2,1H3,(H,27,28)/b26-18+. The molecule has 0 saturated heterocycles. The summed E-state index contributed by atoms with van der Waals surface area (Å²) in [6.45, 7) is 2.68. The molecule has 0 fully saturated rings. The Hall–Kier alpha value is -2.33. The van der Waals surface area contributed by atoms with Crippen LogP contribution < -0.4 is 10.2 Å². The Bertz CT molecular complexity index is 760. The summed E-state index contributed by atoms with van der Waals surface area (Å²) in [4.78, 5) is 11.9. The zero-order chi connectivity index (χ0) is 20.7.